The molecule has 0 bridgehead atoms. The average molecular weight is 372 g/mol. The molecule has 1 heterocycles. The molecule has 0 aromatic heterocycles. The van der Waals surface area contributed by atoms with Crippen molar-refractivity contribution in [2.24, 2.45) is 0 Å². The zero-order chi connectivity index (χ0) is 18.4. The van der Waals surface area contributed by atoms with Crippen molar-refractivity contribution in [3.63, 3.8) is 0 Å². The van der Waals surface area contributed by atoms with Gasteiger partial charge in [0.25, 0.3) is 5.91 Å². The summed E-state index contributed by atoms with van der Waals surface area (Å²) in [5, 5.41) is 6.31. The Kier molecular flexibility index (Phi) is 6.26. The van der Waals surface area contributed by atoms with E-state index in [9.17, 15) is 9.59 Å². The molecule has 0 saturated carbocycles. The lowest BCUT2D eigenvalue weighted by Gasteiger charge is -2.25. The summed E-state index contributed by atoms with van der Waals surface area (Å²) in [7, 11) is 0. The molecule has 0 unspecified atom stereocenters. The summed E-state index contributed by atoms with van der Waals surface area (Å²) in [4.78, 5) is 26.5. The van der Waals surface area contributed by atoms with Crippen LogP contribution in [-0.4, -0.2) is 36.3 Å². The Morgan fingerprint density at radius 3 is 2.04 bits per heavy atom. The normalized spacial score (nSPS) is 14.7. The number of anilines is 2. The van der Waals surface area contributed by atoms with E-state index in [1.807, 2.05) is 0 Å². The van der Waals surface area contributed by atoms with Gasteiger partial charge in [0, 0.05) is 22.0 Å². The van der Waals surface area contributed by atoms with Gasteiger partial charge >= 0.3 is 0 Å². The molecule has 2 amide bonds. The summed E-state index contributed by atoms with van der Waals surface area (Å²) in [6, 6.07) is 13.8. The van der Waals surface area contributed by atoms with E-state index in [2.05, 4.69) is 15.5 Å². The largest absolute Gasteiger partial charge is 0.325 e. The van der Waals surface area contributed by atoms with Crippen LogP contribution in [-0.2, 0) is 4.79 Å². The van der Waals surface area contributed by atoms with Crippen molar-refractivity contribution in [2.75, 3.05) is 30.3 Å². The van der Waals surface area contributed by atoms with Gasteiger partial charge in [0.2, 0.25) is 5.91 Å². The minimum atomic E-state index is -0.205. The Bertz CT molecular complexity index is 754. The van der Waals surface area contributed by atoms with E-state index < -0.39 is 0 Å². The van der Waals surface area contributed by atoms with E-state index in [0.717, 1.165) is 31.6 Å². The molecular weight excluding hydrogens is 350 g/mol. The van der Waals surface area contributed by atoms with Crippen LogP contribution >= 0.6 is 11.6 Å². The number of rotatable bonds is 5. The fraction of sp³-hybridized carbons (Fsp3) is 0.300. The number of carbonyl (C=O) groups excluding carboxylic acids is 2. The molecule has 0 atom stereocenters. The topological polar surface area (TPSA) is 61.4 Å². The van der Waals surface area contributed by atoms with E-state index >= 15 is 0 Å². The van der Waals surface area contributed by atoms with Gasteiger partial charge in [-0.15, -0.1) is 0 Å². The lowest BCUT2D eigenvalue weighted by atomic mass is 10.1. The lowest BCUT2D eigenvalue weighted by Crippen LogP contribution is -2.36. The number of hydrogen-bond donors (Lipinski definition) is 2. The molecule has 0 radical (unpaired) electrons. The SMILES string of the molecule is O=C(CN1CCCCC1)Nc1ccc(NC(=O)c2ccc(Cl)cc2)cc1. The average Bonchev–Trinajstić information content (AvgIpc) is 2.64. The number of piperidine rings is 1. The summed E-state index contributed by atoms with van der Waals surface area (Å²) in [6.45, 7) is 2.40. The van der Waals surface area contributed by atoms with Gasteiger partial charge in [0.15, 0.2) is 0 Å². The van der Waals surface area contributed by atoms with Crippen molar-refractivity contribution < 1.29 is 9.59 Å². The maximum Gasteiger partial charge on any atom is 0.255 e. The summed E-state index contributed by atoms with van der Waals surface area (Å²) >= 11 is 5.83. The summed E-state index contributed by atoms with van der Waals surface area (Å²) in [5.74, 6) is -0.214. The van der Waals surface area contributed by atoms with Gasteiger partial charge < -0.3 is 10.6 Å². The van der Waals surface area contributed by atoms with Crippen LogP contribution in [0.15, 0.2) is 48.5 Å². The number of benzene rings is 2. The number of nitrogens with zero attached hydrogens (tertiary/aromatic N) is 1. The highest BCUT2D eigenvalue weighted by molar-refractivity contribution is 6.30. The zero-order valence-corrected chi connectivity index (χ0v) is 15.3. The number of amides is 2. The van der Waals surface area contributed by atoms with Crippen LogP contribution in [0.2, 0.25) is 5.02 Å². The molecule has 1 aliphatic heterocycles. The second kappa shape index (κ2) is 8.83. The fourth-order valence-electron chi connectivity index (χ4n) is 2.96. The predicted molar refractivity (Wildman–Crippen MR) is 105 cm³/mol. The molecule has 0 spiro atoms. The van der Waals surface area contributed by atoms with E-state index in [4.69, 9.17) is 11.6 Å². The Labute approximate surface area is 158 Å². The molecule has 1 aliphatic rings. The molecule has 3 rings (SSSR count). The first kappa shape index (κ1) is 18.4. The molecule has 2 aromatic rings. The van der Waals surface area contributed by atoms with Crippen LogP contribution in [0.25, 0.3) is 0 Å². The molecule has 2 aromatic carbocycles. The van der Waals surface area contributed by atoms with Crippen LogP contribution < -0.4 is 10.6 Å². The second-order valence-electron chi connectivity index (χ2n) is 6.42. The number of nitrogens with one attached hydrogen (secondary N) is 2. The van der Waals surface area contributed by atoms with Gasteiger partial charge in [0.1, 0.15) is 0 Å². The molecule has 1 saturated heterocycles. The zero-order valence-electron chi connectivity index (χ0n) is 14.5. The van der Waals surface area contributed by atoms with Crippen LogP contribution in [0.1, 0.15) is 29.6 Å². The Balaban J connectivity index is 1.52. The van der Waals surface area contributed by atoms with Gasteiger partial charge in [-0.05, 0) is 74.5 Å². The number of hydrogen-bond acceptors (Lipinski definition) is 3. The van der Waals surface area contributed by atoms with E-state index in [0.29, 0.717) is 22.8 Å². The number of likely N-dealkylation sites (tertiary alicyclic amines) is 1. The van der Waals surface area contributed by atoms with Crippen LogP contribution in [0, 0.1) is 0 Å². The summed E-state index contributed by atoms with van der Waals surface area (Å²) in [5.41, 5.74) is 1.92. The van der Waals surface area contributed by atoms with E-state index in [1.54, 1.807) is 48.5 Å². The van der Waals surface area contributed by atoms with Crippen molar-refractivity contribution in [1.29, 1.82) is 0 Å². The third-order valence-electron chi connectivity index (χ3n) is 4.35. The highest BCUT2D eigenvalue weighted by Gasteiger charge is 2.14. The maximum atomic E-state index is 12.2. The highest BCUT2D eigenvalue weighted by atomic mass is 35.5. The molecule has 26 heavy (non-hydrogen) atoms. The lowest BCUT2D eigenvalue weighted by molar-refractivity contribution is -0.117. The van der Waals surface area contributed by atoms with Gasteiger partial charge in [-0.25, -0.2) is 0 Å². The van der Waals surface area contributed by atoms with Gasteiger partial charge in [-0.1, -0.05) is 18.0 Å². The second-order valence-corrected chi connectivity index (χ2v) is 6.86. The molecule has 0 aliphatic carbocycles. The van der Waals surface area contributed by atoms with Crippen molar-refractivity contribution >= 4 is 34.8 Å². The molecule has 5 nitrogen and oxygen atoms in total. The molecule has 136 valence electrons. The molecule has 1 fully saturated rings. The summed E-state index contributed by atoms with van der Waals surface area (Å²) in [6.07, 6.45) is 3.58. The Morgan fingerprint density at radius 1 is 0.846 bits per heavy atom. The van der Waals surface area contributed by atoms with Crippen molar-refractivity contribution in [1.82, 2.24) is 4.90 Å². The van der Waals surface area contributed by atoms with E-state index in [1.165, 1.54) is 6.42 Å². The number of halogens is 1. The van der Waals surface area contributed by atoms with Gasteiger partial charge in [0.05, 0.1) is 6.54 Å². The third-order valence-corrected chi connectivity index (χ3v) is 4.60. The van der Waals surface area contributed by atoms with Gasteiger partial charge in [-0.3, -0.25) is 14.5 Å². The molecule has 2 N–H and O–H groups in total. The van der Waals surface area contributed by atoms with Gasteiger partial charge in [-0.2, -0.15) is 0 Å². The summed E-state index contributed by atoms with van der Waals surface area (Å²) < 4.78 is 0. The first-order chi connectivity index (χ1) is 12.6. The van der Waals surface area contributed by atoms with Crippen molar-refractivity contribution in [3.05, 3.63) is 59.1 Å². The van der Waals surface area contributed by atoms with Crippen LogP contribution in [0.5, 0.6) is 0 Å². The Morgan fingerprint density at radius 2 is 1.42 bits per heavy atom. The van der Waals surface area contributed by atoms with Crippen LogP contribution in [0.3, 0.4) is 0 Å². The molecule has 6 heteroatoms. The molecular formula is C20H22ClN3O2. The fourth-order valence-corrected chi connectivity index (χ4v) is 3.09. The quantitative estimate of drug-likeness (QED) is 0.834. The highest BCUT2D eigenvalue weighted by Crippen LogP contribution is 2.16. The third kappa shape index (κ3) is 5.31. The smallest absolute Gasteiger partial charge is 0.255 e. The standard InChI is InChI=1S/C20H22ClN3O2/c21-16-6-4-15(5-7-16)20(26)23-18-10-8-17(9-11-18)22-19(25)14-24-12-2-1-3-13-24/h4-11H,1-3,12-14H2,(H,22,25)(H,23,26). The Hall–Kier alpha value is -2.37. The van der Waals surface area contributed by atoms with Crippen LogP contribution in [0.4, 0.5) is 11.4 Å². The maximum absolute atomic E-state index is 12.2. The number of carbonyl (C=O) groups is 2. The minimum Gasteiger partial charge on any atom is -0.325 e. The first-order valence-corrected chi connectivity index (χ1v) is 9.17. The van der Waals surface area contributed by atoms with Crippen molar-refractivity contribution in [3.8, 4) is 0 Å². The monoisotopic (exact) mass is 371 g/mol. The minimum absolute atomic E-state index is 0.00940. The van der Waals surface area contributed by atoms with Crippen molar-refractivity contribution in [2.45, 2.75) is 19.3 Å². The predicted octanol–water partition coefficient (Wildman–Crippen LogP) is 4.02. The van der Waals surface area contributed by atoms with E-state index in [-0.39, 0.29) is 11.8 Å². The first-order valence-electron chi connectivity index (χ1n) is 8.79.